The van der Waals surface area contributed by atoms with Gasteiger partial charge in [-0.3, -0.25) is 4.99 Å². The quantitative estimate of drug-likeness (QED) is 0.647. The molecule has 0 atom stereocenters. The highest BCUT2D eigenvalue weighted by Crippen LogP contribution is 2.07. The zero-order valence-electron chi connectivity index (χ0n) is 14.2. The van der Waals surface area contributed by atoms with Crippen molar-refractivity contribution in [1.29, 1.82) is 0 Å². The van der Waals surface area contributed by atoms with Crippen LogP contribution in [0.1, 0.15) is 45.7 Å². The van der Waals surface area contributed by atoms with E-state index in [0.717, 1.165) is 12.5 Å². The van der Waals surface area contributed by atoms with Gasteiger partial charge in [0.25, 0.3) is 0 Å². The van der Waals surface area contributed by atoms with E-state index in [4.69, 9.17) is 4.74 Å². The minimum atomic E-state index is -0.000114. The minimum absolute atomic E-state index is 0.000114. The van der Waals surface area contributed by atoms with Crippen LogP contribution in [0, 0.1) is 0 Å². The van der Waals surface area contributed by atoms with Crippen LogP contribution in [0.15, 0.2) is 29.3 Å². The minimum Gasteiger partial charge on any atom is -0.374 e. The molecule has 0 radical (unpaired) electrons. The number of aliphatic imine (C=N–C) groups is 1. The van der Waals surface area contributed by atoms with Gasteiger partial charge in [-0.15, -0.1) is 0 Å². The van der Waals surface area contributed by atoms with Crippen LogP contribution in [0.5, 0.6) is 0 Å². The van der Waals surface area contributed by atoms with Crippen LogP contribution in [0.2, 0.25) is 0 Å². The number of ether oxygens (including phenoxy) is 1. The lowest BCUT2D eigenvalue weighted by molar-refractivity contribution is 0.0657. The first-order valence-electron chi connectivity index (χ1n) is 7.48. The third-order valence-corrected chi connectivity index (χ3v) is 2.78. The third kappa shape index (κ3) is 7.71. The van der Waals surface area contributed by atoms with E-state index in [0.29, 0.717) is 6.61 Å². The molecule has 21 heavy (non-hydrogen) atoms. The Morgan fingerprint density at radius 1 is 1.14 bits per heavy atom. The van der Waals surface area contributed by atoms with E-state index < -0.39 is 0 Å². The Balaban J connectivity index is 2.48. The standard InChI is InChI=1S/C17H29N3O/c1-13(2)21-12-15-9-7-14(8-10-15)11-19-16(18-6)20-17(3,4)5/h7-10,13H,11-12H2,1-6H3,(H2,18,19,20). The summed E-state index contributed by atoms with van der Waals surface area (Å²) in [7, 11) is 1.79. The van der Waals surface area contributed by atoms with Crippen molar-refractivity contribution in [3.63, 3.8) is 0 Å². The van der Waals surface area contributed by atoms with Gasteiger partial charge in [0.05, 0.1) is 12.7 Å². The average molecular weight is 291 g/mol. The van der Waals surface area contributed by atoms with E-state index in [1.54, 1.807) is 7.05 Å². The number of guanidine groups is 1. The maximum absolute atomic E-state index is 5.59. The molecule has 0 amide bonds. The molecule has 0 aliphatic heterocycles. The van der Waals surface area contributed by atoms with E-state index in [2.05, 4.69) is 60.7 Å². The van der Waals surface area contributed by atoms with E-state index >= 15 is 0 Å². The number of hydrogen-bond donors (Lipinski definition) is 2. The average Bonchev–Trinajstić information content (AvgIpc) is 2.41. The number of nitrogens with one attached hydrogen (secondary N) is 2. The lowest BCUT2D eigenvalue weighted by atomic mass is 10.1. The van der Waals surface area contributed by atoms with Gasteiger partial charge in [0.2, 0.25) is 0 Å². The van der Waals surface area contributed by atoms with Crippen molar-refractivity contribution in [2.24, 2.45) is 4.99 Å². The fourth-order valence-corrected chi connectivity index (χ4v) is 1.74. The van der Waals surface area contributed by atoms with Crippen LogP contribution in [-0.4, -0.2) is 24.7 Å². The van der Waals surface area contributed by atoms with Gasteiger partial charge in [0.15, 0.2) is 5.96 Å². The zero-order valence-corrected chi connectivity index (χ0v) is 14.2. The Bertz CT molecular complexity index is 444. The molecule has 1 aromatic carbocycles. The maximum atomic E-state index is 5.59. The van der Waals surface area contributed by atoms with Crippen LogP contribution >= 0.6 is 0 Å². The summed E-state index contributed by atoms with van der Waals surface area (Å²) < 4.78 is 5.59. The van der Waals surface area contributed by atoms with Gasteiger partial charge >= 0.3 is 0 Å². The topological polar surface area (TPSA) is 45.7 Å². The molecule has 0 unspecified atom stereocenters. The number of nitrogens with zero attached hydrogens (tertiary/aromatic N) is 1. The molecule has 0 heterocycles. The Labute approximate surface area is 129 Å². The van der Waals surface area contributed by atoms with Crippen molar-refractivity contribution in [3.05, 3.63) is 35.4 Å². The molecule has 0 spiro atoms. The van der Waals surface area contributed by atoms with Crippen molar-refractivity contribution in [3.8, 4) is 0 Å². The molecule has 0 fully saturated rings. The first-order chi connectivity index (χ1) is 9.80. The zero-order chi connectivity index (χ0) is 15.9. The smallest absolute Gasteiger partial charge is 0.191 e. The summed E-state index contributed by atoms with van der Waals surface area (Å²) in [4.78, 5) is 4.23. The highest BCUT2D eigenvalue weighted by molar-refractivity contribution is 5.80. The molecular formula is C17H29N3O. The number of benzene rings is 1. The van der Waals surface area contributed by atoms with Gasteiger partial charge < -0.3 is 15.4 Å². The lowest BCUT2D eigenvalue weighted by Gasteiger charge is -2.23. The fourth-order valence-electron chi connectivity index (χ4n) is 1.74. The SMILES string of the molecule is CN=C(NCc1ccc(COC(C)C)cc1)NC(C)(C)C. The molecule has 118 valence electrons. The van der Waals surface area contributed by atoms with Crippen LogP contribution in [-0.2, 0) is 17.9 Å². The highest BCUT2D eigenvalue weighted by Gasteiger charge is 2.11. The van der Waals surface area contributed by atoms with Crippen molar-refractivity contribution < 1.29 is 4.74 Å². The summed E-state index contributed by atoms with van der Waals surface area (Å²) in [5.41, 5.74) is 2.42. The molecule has 1 rings (SSSR count). The second kappa shape index (κ2) is 8.03. The summed E-state index contributed by atoms with van der Waals surface area (Å²) in [6.45, 7) is 11.9. The van der Waals surface area contributed by atoms with Crippen LogP contribution in [0.4, 0.5) is 0 Å². The highest BCUT2D eigenvalue weighted by atomic mass is 16.5. The first kappa shape index (κ1) is 17.5. The van der Waals surface area contributed by atoms with Gasteiger partial charge in [0, 0.05) is 19.1 Å². The third-order valence-electron chi connectivity index (χ3n) is 2.78. The molecule has 0 aliphatic rings. The molecule has 0 saturated heterocycles. The molecule has 1 aromatic rings. The molecule has 2 N–H and O–H groups in total. The Morgan fingerprint density at radius 3 is 2.19 bits per heavy atom. The molecule has 0 aromatic heterocycles. The monoisotopic (exact) mass is 291 g/mol. The number of rotatable bonds is 5. The molecule has 0 aliphatic carbocycles. The van der Waals surface area contributed by atoms with E-state index in [-0.39, 0.29) is 11.6 Å². The van der Waals surface area contributed by atoms with Gasteiger partial charge in [-0.1, -0.05) is 24.3 Å². The normalized spacial score (nSPS) is 12.6. The van der Waals surface area contributed by atoms with Crippen LogP contribution in [0.3, 0.4) is 0 Å². The van der Waals surface area contributed by atoms with Gasteiger partial charge in [0.1, 0.15) is 0 Å². The summed E-state index contributed by atoms with van der Waals surface area (Å²) in [6.07, 6.45) is 0.262. The predicted molar refractivity (Wildman–Crippen MR) is 89.5 cm³/mol. The Morgan fingerprint density at radius 2 is 1.71 bits per heavy atom. The van der Waals surface area contributed by atoms with Crippen molar-refractivity contribution in [1.82, 2.24) is 10.6 Å². The Hall–Kier alpha value is -1.55. The predicted octanol–water partition coefficient (Wildman–Crippen LogP) is 3.08. The van der Waals surface area contributed by atoms with Crippen LogP contribution in [0.25, 0.3) is 0 Å². The Kier molecular flexibility index (Phi) is 6.69. The fraction of sp³-hybridized carbons (Fsp3) is 0.588. The second-order valence-corrected chi connectivity index (χ2v) is 6.48. The van der Waals surface area contributed by atoms with E-state index in [9.17, 15) is 0 Å². The van der Waals surface area contributed by atoms with Gasteiger partial charge in [-0.2, -0.15) is 0 Å². The van der Waals surface area contributed by atoms with Gasteiger partial charge in [-0.25, -0.2) is 0 Å². The molecule has 0 bridgehead atoms. The maximum Gasteiger partial charge on any atom is 0.191 e. The first-order valence-corrected chi connectivity index (χ1v) is 7.48. The van der Waals surface area contributed by atoms with Crippen LogP contribution < -0.4 is 10.6 Å². The largest absolute Gasteiger partial charge is 0.374 e. The summed E-state index contributed by atoms with van der Waals surface area (Å²) in [6, 6.07) is 8.46. The molecule has 0 saturated carbocycles. The second-order valence-electron chi connectivity index (χ2n) is 6.48. The molecular weight excluding hydrogens is 262 g/mol. The van der Waals surface area contributed by atoms with E-state index in [1.165, 1.54) is 11.1 Å². The lowest BCUT2D eigenvalue weighted by Crippen LogP contribution is -2.47. The number of hydrogen-bond acceptors (Lipinski definition) is 2. The summed E-state index contributed by atoms with van der Waals surface area (Å²) >= 11 is 0. The van der Waals surface area contributed by atoms with E-state index in [1.807, 2.05) is 13.8 Å². The summed E-state index contributed by atoms with van der Waals surface area (Å²) in [5, 5.41) is 6.66. The van der Waals surface area contributed by atoms with Crippen molar-refractivity contribution in [2.75, 3.05) is 7.05 Å². The van der Waals surface area contributed by atoms with Crippen molar-refractivity contribution in [2.45, 2.75) is 59.4 Å². The molecule has 4 heteroatoms. The summed E-state index contributed by atoms with van der Waals surface area (Å²) in [5.74, 6) is 0.815. The van der Waals surface area contributed by atoms with Gasteiger partial charge in [-0.05, 0) is 45.7 Å². The van der Waals surface area contributed by atoms with Crippen molar-refractivity contribution >= 4 is 5.96 Å². The molecule has 4 nitrogen and oxygen atoms in total.